The van der Waals surface area contributed by atoms with E-state index in [9.17, 15) is 4.79 Å². The minimum absolute atomic E-state index is 0.0752. The maximum absolute atomic E-state index is 12.8. The average molecular weight is 302 g/mol. The number of ketones is 1. The van der Waals surface area contributed by atoms with Crippen molar-refractivity contribution >= 4 is 23.8 Å². The highest BCUT2D eigenvalue weighted by Crippen LogP contribution is 2.37. The molecule has 1 aliphatic rings. The molecule has 0 amide bonds. The Bertz CT molecular complexity index is 854. The van der Waals surface area contributed by atoms with Gasteiger partial charge in [0.2, 0.25) is 11.4 Å². The number of hydrogen-bond donors (Lipinski definition) is 0. The fraction of sp³-hybridized carbons (Fsp3) is 0.143. The summed E-state index contributed by atoms with van der Waals surface area (Å²) in [6.45, 7) is 12.5. The summed E-state index contributed by atoms with van der Waals surface area (Å²) in [5.74, 6) is 0.0752. The molecule has 3 rings (SSSR count). The molecule has 2 aromatic carbocycles. The smallest absolute Gasteiger partial charge is 0.225 e. The van der Waals surface area contributed by atoms with Crippen LogP contribution in [0.1, 0.15) is 34.8 Å². The topological polar surface area (TPSA) is 20.1 Å². The van der Waals surface area contributed by atoms with E-state index >= 15 is 0 Å². The third-order valence-corrected chi connectivity index (χ3v) is 4.31. The van der Waals surface area contributed by atoms with Crippen LogP contribution in [-0.2, 0) is 0 Å². The predicted octanol–water partition coefficient (Wildman–Crippen LogP) is 4.91. The van der Waals surface area contributed by atoms with E-state index in [2.05, 4.69) is 13.3 Å². The largest absolute Gasteiger partial charge is 0.289 e. The van der Waals surface area contributed by atoms with Crippen molar-refractivity contribution in [3.05, 3.63) is 83.1 Å². The number of fused-ring (bicyclic) bond motifs is 1. The molecule has 2 aromatic rings. The second-order valence-electron chi connectivity index (χ2n) is 5.80. The number of hydrogen-bond acceptors (Lipinski definition) is 1. The number of carbonyl (C=O) groups is 1. The van der Waals surface area contributed by atoms with Gasteiger partial charge >= 0.3 is 0 Å². The summed E-state index contributed by atoms with van der Waals surface area (Å²) in [4.78, 5) is 12.8. The lowest BCUT2D eigenvalue weighted by molar-refractivity contribution is -0.366. The van der Waals surface area contributed by atoms with Gasteiger partial charge in [0.1, 0.15) is 6.72 Å². The zero-order chi connectivity index (χ0) is 16.6. The monoisotopic (exact) mass is 302 g/mol. The average Bonchev–Trinajstić information content (AvgIpc) is 2.58. The number of aryl methyl sites for hydroxylation is 1. The van der Waals surface area contributed by atoms with Gasteiger partial charge in [-0.1, -0.05) is 55.5 Å². The molecule has 0 heterocycles. The summed E-state index contributed by atoms with van der Waals surface area (Å²) < 4.78 is 1.83. The highest BCUT2D eigenvalue weighted by atomic mass is 16.1. The quantitative estimate of drug-likeness (QED) is 0.582. The van der Waals surface area contributed by atoms with E-state index < -0.39 is 0 Å². The van der Waals surface area contributed by atoms with Crippen LogP contribution >= 0.6 is 0 Å². The summed E-state index contributed by atoms with van der Waals surface area (Å²) in [6, 6.07) is 15.8. The van der Waals surface area contributed by atoms with Crippen LogP contribution in [0.4, 0.5) is 5.69 Å². The second-order valence-corrected chi connectivity index (χ2v) is 5.80. The molecule has 0 bridgehead atoms. The number of allylic oxidation sites excluding steroid dienone is 2. The van der Waals surface area contributed by atoms with E-state index in [0.29, 0.717) is 6.42 Å². The lowest BCUT2D eigenvalue weighted by atomic mass is 9.84. The van der Waals surface area contributed by atoms with E-state index in [4.69, 9.17) is 0 Å². The van der Waals surface area contributed by atoms with Gasteiger partial charge in [0.15, 0.2) is 5.78 Å². The molecule has 0 saturated heterocycles. The van der Waals surface area contributed by atoms with E-state index in [1.165, 1.54) is 5.56 Å². The first-order valence-corrected chi connectivity index (χ1v) is 7.78. The molecule has 0 unspecified atom stereocenters. The molecule has 0 N–H and O–H groups in total. The molecule has 0 spiro atoms. The Kier molecular flexibility index (Phi) is 3.83. The third kappa shape index (κ3) is 2.46. The van der Waals surface area contributed by atoms with Crippen LogP contribution in [0.2, 0.25) is 0 Å². The minimum atomic E-state index is 0.0752. The van der Waals surface area contributed by atoms with Gasteiger partial charge in [-0.3, -0.25) is 4.79 Å². The fourth-order valence-electron chi connectivity index (χ4n) is 3.03. The first-order chi connectivity index (χ1) is 11.0. The van der Waals surface area contributed by atoms with Crippen molar-refractivity contribution in [1.29, 1.82) is 0 Å². The highest BCUT2D eigenvalue weighted by Gasteiger charge is 2.34. The SMILES string of the molecule is C=C1C([N+](=C)c2ccc(C)cc2)=C(CC)C(=O)c2ccccc21. The molecule has 1 aliphatic carbocycles. The van der Waals surface area contributed by atoms with Gasteiger partial charge < -0.3 is 0 Å². The Hall–Kier alpha value is -2.74. The Labute approximate surface area is 137 Å². The molecule has 0 radical (unpaired) electrons. The first-order valence-electron chi connectivity index (χ1n) is 7.78. The summed E-state index contributed by atoms with van der Waals surface area (Å²) in [5, 5.41) is 0. The van der Waals surface area contributed by atoms with Crippen LogP contribution in [0.15, 0.2) is 66.4 Å². The Morgan fingerprint density at radius 1 is 1.00 bits per heavy atom. The molecule has 2 nitrogen and oxygen atoms in total. The van der Waals surface area contributed by atoms with Crippen LogP contribution < -0.4 is 0 Å². The molecule has 0 aliphatic heterocycles. The van der Waals surface area contributed by atoms with Crippen LogP contribution in [0.25, 0.3) is 5.57 Å². The fourth-order valence-corrected chi connectivity index (χ4v) is 3.03. The number of rotatable bonds is 3. The normalized spacial score (nSPS) is 14.0. The molecule has 0 saturated carbocycles. The zero-order valence-electron chi connectivity index (χ0n) is 13.6. The van der Waals surface area contributed by atoms with Crippen molar-refractivity contribution < 1.29 is 9.37 Å². The summed E-state index contributed by atoms with van der Waals surface area (Å²) in [6.07, 6.45) is 0.652. The van der Waals surface area contributed by atoms with Crippen molar-refractivity contribution in [3.63, 3.8) is 0 Å². The van der Waals surface area contributed by atoms with Gasteiger partial charge in [-0.25, -0.2) is 0 Å². The van der Waals surface area contributed by atoms with Crippen molar-refractivity contribution in [2.75, 3.05) is 0 Å². The van der Waals surface area contributed by atoms with E-state index in [1.807, 2.05) is 67.0 Å². The Morgan fingerprint density at radius 2 is 1.61 bits per heavy atom. The number of benzene rings is 2. The lowest BCUT2D eigenvalue weighted by Gasteiger charge is -2.20. The molecule has 23 heavy (non-hydrogen) atoms. The highest BCUT2D eigenvalue weighted by molar-refractivity contribution is 6.16. The van der Waals surface area contributed by atoms with Crippen LogP contribution in [0, 0.1) is 6.92 Å². The Morgan fingerprint density at radius 3 is 2.22 bits per heavy atom. The number of carbonyl (C=O) groups excluding carboxylic acids is 1. The van der Waals surface area contributed by atoms with Crippen LogP contribution in [0.3, 0.4) is 0 Å². The molecular weight excluding hydrogens is 282 g/mol. The summed E-state index contributed by atoms with van der Waals surface area (Å²) >= 11 is 0. The molecule has 2 heteroatoms. The van der Waals surface area contributed by atoms with Crippen LogP contribution in [0.5, 0.6) is 0 Å². The first kappa shape index (κ1) is 15.2. The minimum Gasteiger partial charge on any atom is -0.289 e. The van der Waals surface area contributed by atoms with Gasteiger partial charge in [0.25, 0.3) is 0 Å². The number of Topliss-reactive ketones (excluding diaryl/α,β-unsaturated/α-hetero) is 1. The van der Waals surface area contributed by atoms with Gasteiger partial charge in [-0.05, 0) is 18.9 Å². The van der Waals surface area contributed by atoms with E-state index in [0.717, 1.165) is 33.7 Å². The Balaban J connectivity index is 2.16. The summed E-state index contributed by atoms with van der Waals surface area (Å²) in [5.41, 5.74) is 6.21. The standard InChI is InChI=1S/C21H20NO/c1-5-17-20(22(4)16-12-10-14(2)11-13-16)15(3)18-8-6-7-9-19(18)21(17)23/h6-13H,3-5H2,1-2H3/q+1. The molecular formula is C21H20NO+. The second kappa shape index (κ2) is 5.81. The van der Waals surface area contributed by atoms with Gasteiger partial charge in [0, 0.05) is 23.3 Å². The van der Waals surface area contributed by atoms with Crippen molar-refractivity contribution in [2.24, 2.45) is 0 Å². The van der Waals surface area contributed by atoms with Crippen LogP contribution in [-0.4, -0.2) is 17.1 Å². The van der Waals surface area contributed by atoms with Crippen molar-refractivity contribution in [3.8, 4) is 0 Å². The van der Waals surface area contributed by atoms with Gasteiger partial charge in [-0.2, -0.15) is 4.58 Å². The maximum Gasteiger partial charge on any atom is 0.225 e. The van der Waals surface area contributed by atoms with E-state index in [-0.39, 0.29) is 5.78 Å². The molecule has 114 valence electrons. The number of nitrogens with zero attached hydrogens (tertiary/aromatic N) is 1. The van der Waals surface area contributed by atoms with Crippen molar-refractivity contribution in [1.82, 2.24) is 0 Å². The zero-order valence-corrected chi connectivity index (χ0v) is 13.6. The van der Waals surface area contributed by atoms with E-state index in [1.54, 1.807) is 0 Å². The third-order valence-electron chi connectivity index (χ3n) is 4.31. The molecule has 0 fully saturated rings. The van der Waals surface area contributed by atoms with Gasteiger partial charge in [0.05, 0.1) is 5.57 Å². The van der Waals surface area contributed by atoms with Gasteiger partial charge in [-0.15, -0.1) is 0 Å². The predicted molar refractivity (Wildman–Crippen MR) is 95.3 cm³/mol. The maximum atomic E-state index is 12.8. The lowest BCUT2D eigenvalue weighted by Crippen LogP contribution is -2.20. The summed E-state index contributed by atoms with van der Waals surface area (Å²) in [7, 11) is 0. The van der Waals surface area contributed by atoms with Crippen molar-refractivity contribution in [2.45, 2.75) is 20.3 Å². The molecule has 0 atom stereocenters. The molecule has 0 aromatic heterocycles.